The largest absolute Gasteiger partial charge is 0.341 e. The van der Waals surface area contributed by atoms with Crippen LogP contribution in [0.4, 0.5) is 0 Å². The molecule has 2 heterocycles. The molecule has 0 spiro atoms. The zero-order chi connectivity index (χ0) is 12.8. The number of hydrogen-bond acceptors (Lipinski definition) is 4. The molecule has 6 heteroatoms. The maximum Gasteiger partial charge on any atom is 0.239 e. The van der Waals surface area contributed by atoms with Gasteiger partial charge in [-0.2, -0.15) is 0 Å². The van der Waals surface area contributed by atoms with Crippen LogP contribution in [0.2, 0.25) is 0 Å². The number of aryl methyl sites for hydroxylation is 1. The minimum Gasteiger partial charge on any atom is -0.341 e. The molecule has 0 radical (unpaired) electrons. The molecular weight excluding hydrogens is 230 g/mol. The average Bonchev–Trinajstić information content (AvgIpc) is 2.99. The van der Waals surface area contributed by atoms with Gasteiger partial charge in [-0.05, 0) is 25.8 Å². The van der Waals surface area contributed by atoms with E-state index < -0.39 is 0 Å². The normalized spacial score (nSPS) is 19.7. The number of carbonyl (C=O) groups is 1. The highest BCUT2D eigenvalue weighted by atomic mass is 16.2. The summed E-state index contributed by atoms with van der Waals surface area (Å²) in [5.74, 6) is 0.252. The second-order valence-electron chi connectivity index (χ2n) is 4.64. The summed E-state index contributed by atoms with van der Waals surface area (Å²) in [7, 11) is 0. The van der Waals surface area contributed by atoms with Crippen LogP contribution in [-0.2, 0) is 11.3 Å². The van der Waals surface area contributed by atoms with Crippen LogP contribution in [0.5, 0.6) is 0 Å². The first-order valence-electron chi connectivity index (χ1n) is 6.67. The van der Waals surface area contributed by atoms with Gasteiger partial charge in [0.2, 0.25) is 5.91 Å². The second-order valence-corrected chi connectivity index (χ2v) is 4.64. The molecule has 1 amide bonds. The van der Waals surface area contributed by atoms with Crippen LogP contribution in [-0.4, -0.2) is 51.5 Å². The van der Waals surface area contributed by atoms with Gasteiger partial charge >= 0.3 is 0 Å². The van der Waals surface area contributed by atoms with Crippen LogP contribution < -0.4 is 5.32 Å². The van der Waals surface area contributed by atoms with Crippen molar-refractivity contribution in [3.8, 4) is 0 Å². The highest BCUT2D eigenvalue weighted by molar-refractivity contribution is 5.83. The predicted octanol–water partition coefficient (Wildman–Crippen LogP) is 0.269. The number of likely N-dealkylation sites (tertiary alicyclic amines) is 1. The molecule has 1 fully saturated rings. The average molecular weight is 251 g/mol. The molecule has 1 aliphatic rings. The van der Waals surface area contributed by atoms with Crippen LogP contribution in [0.1, 0.15) is 26.2 Å². The topological polar surface area (TPSA) is 63.1 Å². The molecule has 0 aromatic carbocycles. The third-order valence-corrected chi connectivity index (χ3v) is 3.23. The maximum atomic E-state index is 12.0. The molecule has 100 valence electrons. The number of aromatic nitrogens is 3. The fraction of sp³-hybridized carbons (Fsp3) is 0.750. The van der Waals surface area contributed by atoms with Crippen LogP contribution in [0.15, 0.2) is 12.4 Å². The second kappa shape index (κ2) is 6.49. The van der Waals surface area contributed by atoms with Gasteiger partial charge in [0.25, 0.3) is 0 Å². The number of hydrogen-bond donors (Lipinski definition) is 1. The maximum absolute atomic E-state index is 12.0. The Labute approximate surface area is 107 Å². The van der Waals surface area contributed by atoms with Gasteiger partial charge in [-0.25, -0.2) is 0 Å². The lowest BCUT2D eigenvalue weighted by atomic mass is 10.2. The van der Waals surface area contributed by atoms with Crippen molar-refractivity contribution in [3.63, 3.8) is 0 Å². The lowest BCUT2D eigenvalue weighted by molar-refractivity contribution is -0.129. The van der Waals surface area contributed by atoms with Crippen LogP contribution in [0, 0.1) is 0 Å². The molecule has 0 saturated carbocycles. The van der Waals surface area contributed by atoms with E-state index in [0.29, 0.717) is 0 Å². The molecule has 6 nitrogen and oxygen atoms in total. The van der Waals surface area contributed by atoms with E-state index in [4.69, 9.17) is 0 Å². The predicted molar refractivity (Wildman–Crippen MR) is 67.9 cm³/mol. The smallest absolute Gasteiger partial charge is 0.239 e. The summed E-state index contributed by atoms with van der Waals surface area (Å²) < 4.78 is 1.80. The van der Waals surface area contributed by atoms with Gasteiger partial charge in [0, 0.05) is 25.8 Å². The van der Waals surface area contributed by atoms with Gasteiger partial charge in [-0.15, -0.1) is 5.10 Å². The monoisotopic (exact) mass is 251 g/mol. The lowest BCUT2D eigenvalue weighted by Gasteiger charge is -2.16. The van der Waals surface area contributed by atoms with Gasteiger partial charge in [0.1, 0.15) is 0 Å². The zero-order valence-electron chi connectivity index (χ0n) is 10.9. The van der Waals surface area contributed by atoms with Crippen LogP contribution in [0.25, 0.3) is 0 Å². The summed E-state index contributed by atoms with van der Waals surface area (Å²) in [6.45, 7) is 5.53. The Bertz CT molecular complexity index is 365. The Kier molecular flexibility index (Phi) is 4.69. The van der Waals surface area contributed by atoms with Crippen molar-refractivity contribution in [1.29, 1.82) is 0 Å². The van der Waals surface area contributed by atoms with Crippen molar-refractivity contribution >= 4 is 5.91 Å². The van der Waals surface area contributed by atoms with Crippen molar-refractivity contribution < 1.29 is 4.79 Å². The fourth-order valence-electron chi connectivity index (χ4n) is 2.24. The Morgan fingerprint density at radius 1 is 1.50 bits per heavy atom. The van der Waals surface area contributed by atoms with Crippen molar-refractivity contribution in [2.75, 3.05) is 19.6 Å². The number of nitrogens with one attached hydrogen (secondary N) is 1. The van der Waals surface area contributed by atoms with E-state index in [0.717, 1.165) is 45.4 Å². The summed E-state index contributed by atoms with van der Waals surface area (Å²) in [4.78, 5) is 14.0. The summed E-state index contributed by atoms with van der Waals surface area (Å²) in [5, 5.41) is 11.0. The third kappa shape index (κ3) is 3.29. The Balaban J connectivity index is 1.69. The molecule has 1 aromatic heterocycles. The molecule has 1 saturated heterocycles. The highest BCUT2D eigenvalue weighted by Gasteiger charge is 2.30. The van der Waals surface area contributed by atoms with E-state index in [-0.39, 0.29) is 11.9 Å². The van der Waals surface area contributed by atoms with Crippen molar-refractivity contribution in [3.05, 3.63) is 12.4 Å². The van der Waals surface area contributed by atoms with Gasteiger partial charge in [-0.3, -0.25) is 9.48 Å². The van der Waals surface area contributed by atoms with Crippen LogP contribution in [0.3, 0.4) is 0 Å². The Hall–Kier alpha value is -1.43. The molecule has 1 aromatic rings. The lowest BCUT2D eigenvalue weighted by Crippen LogP contribution is -2.39. The van der Waals surface area contributed by atoms with E-state index in [1.54, 1.807) is 10.9 Å². The number of rotatable bonds is 7. The van der Waals surface area contributed by atoms with E-state index in [1.165, 1.54) is 0 Å². The van der Waals surface area contributed by atoms with E-state index >= 15 is 0 Å². The first kappa shape index (κ1) is 13.0. The van der Waals surface area contributed by atoms with Crippen LogP contribution >= 0.6 is 0 Å². The number of carbonyl (C=O) groups excluding carboxylic acids is 1. The molecular formula is C12H21N5O. The minimum atomic E-state index is 0.0383. The van der Waals surface area contributed by atoms with Gasteiger partial charge in [-0.1, -0.05) is 12.1 Å². The number of nitrogens with zero attached hydrogens (tertiary/aromatic N) is 4. The Morgan fingerprint density at radius 2 is 2.39 bits per heavy atom. The molecule has 1 aliphatic heterocycles. The van der Waals surface area contributed by atoms with Crippen molar-refractivity contribution in [1.82, 2.24) is 25.2 Å². The highest BCUT2D eigenvalue weighted by Crippen LogP contribution is 2.11. The molecule has 1 atom stereocenters. The summed E-state index contributed by atoms with van der Waals surface area (Å²) >= 11 is 0. The Morgan fingerprint density at radius 3 is 3.11 bits per heavy atom. The summed E-state index contributed by atoms with van der Waals surface area (Å²) in [6, 6.07) is 0.0383. The third-order valence-electron chi connectivity index (χ3n) is 3.23. The summed E-state index contributed by atoms with van der Waals surface area (Å²) in [6.07, 6.45) is 6.44. The minimum absolute atomic E-state index is 0.0383. The van der Waals surface area contributed by atoms with E-state index in [1.807, 2.05) is 11.1 Å². The molecule has 0 aliphatic carbocycles. The van der Waals surface area contributed by atoms with Crippen molar-refractivity contribution in [2.45, 2.75) is 38.8 Å². The molecule has 0 bridgehead atoms. The standard InChI is InChI=1S/C12H21N5O/c1-2-5-13-11-4-9-16(12(11)18)7-3-8-17-10-6-14-15-17/h6,10-11,13H,2-5,7-9H2,1H3. The molecule has 1 N–H and O–H groups in total. The van der Waals surface area contributed by atoms with Gasteiger partial charge in [0.05, 0.1) is 12.2 Å². The fourth-order valence-corrected chi connectivity index (χ4v) is 2.24. The van der Waals surface area contributed by atoms with Gasteiger partial charge < -0.3 is 10.2 Å². The molecule has 2 rings (SSSR count). The quantitative estimate of drug-likeness (QED) is 0.755. The zero-order valence-corrected chi connectivity index (χ0v) is 10.9. The first-order chi connectivity index (χ1) is 8.81. The SMILES string of the molecule is CCCNC1CCN(CCCn2ccnn2)C1=O. The first-order valence-corrected chi connectivity index (χ1v) is 6.67. The van der Waals surface area contributed by atoms with Crippen molar-refractivity contribution in [2.24, 2.45) is 0 Å². The summed E-state index contributed by atoms with van der Waals surface area (Å²) in [5.41, 5.74) is 0. The van der Waals surface area contributed by atoms with E-state index in [9.17, 15) is 4.79 Å². The number of amides is 1. The van der Waals surface area contributed by atoms with Gasteiger partial charge in [0.15, 0.2) is 0 Å². The molecule has 1 unspecified atom stereocenters. The van der Waals surface area contributed by atoms with E-state index in [2.05, 4.69) is 22.6 Å². The molecule has 18 heavy (non-hydrogen) atoms.